The van der Waals surface area contributed by atoms with Crippen LogP contribution in [0.1, 0.15) is 46.0 Å². The summed E-state index contributed by atoms with van der Waals surface area (Å²) in [4.78, 5) is 0. The zero-order valence-corrected chi connectivity index (χ0v) is 10.1. The monoisotopic (exact) mass is 208 g/mol. The van der Waals surface area contributed by atoms with E-state index in [2.05, 4.69) is 26.5 Å². The topological polar surface area (TPSA) is 20.2 Å². The summed E-state index contributed by atoms with van der Waals surface area (Å²) < 4.78 is 0. The molecular weight excluding hydrogens is 184 g/mol. The lowest BCUT2D eigenvalue weighted by Crippen LogP contribution is -2.46. The highest BCUT2D eigenvalue weighted by atomic mass is 16.3. The fourth-order valence-electron chi connectivity index (χ4n) is 3.81. The van der Waals surface area contributed by atoms with Crippen molar-refractivity contribution in [3.05, 3.63) is 12.7 Å². The molecule has 0 aromatic heterocycles. The lowest BCUT2D eigenvalue weighted by atomic mass is 9.54. The van der Waals surface area contributed by atoms with Gasteiger partial charge in [0, 0.05) is 0 Å². The molecule has 2 fully saturated rings. The van der Waals surface area contributed by atoms with Crippen LogP contribution in [-0.2, 0) is 0 Å². The van der Waals surface area contributed by atoms with E-state index in [-0.39, 0.29) is 6.10 Å². The predicted molar refractivity (Wildman–Crippen MR) is 63.5 cm³/mol. The van der Waals surface area contributed by atoms with Gasteiger partial charge < -0.3 is 5.11 Å². The van der Waals surface area contributed by atoms with Gasteiger partial charge in [0.15, 0.2) is 0 Å². The third kappa shape index (κ3) is 1.87. The Bertz CT molecular complexity index is 248. The molecule has 0 amide bonds. The van der Waals surface area contributed by atoms with E-state index >= 15 is 0 Å². The fourth-order valence-corrected chi connectivity index (χ4v) is 3.81. The van der Waals surface area contributed by atoms with E-state index in [1.54, 1.807) is 0 Å². The van der Waals surface area contributed by atoms with E-state index in [1.165, 1.54) is 25.7 Å². The molecule has 0 aromatic rings. The molecule has 2 rings (SSSR count). The Hall–Kier alpha value is -0.300. The minimum Gasteiger partial charge on any atom is -0.393 e. The Labute approximate surface area is 93.6 Å². The molecule has 1 nitrogen and oxygen atoms in total. The maximum absolute atomic E-state index is 9.96. The molecular formula is C14H24O. The highest BCUT2D eigenvalue weighted by Crippen LogP contribution is 2.53. The molecule has 0 spiro atoms. The largest absolute Gasteiger partial charge is 0.393 e. The van der Waals surface area contributed by atoms with Crippen molar-refractivity contribution < 1.29 is 5.11 Å². The maximum atomic E-state index is 9.96. The van der Waals surface area contributed by atoms with Crippen LogP contribution >= 0.6 is 0 Å². The Morgan fingerprint density at radius 3 is 2.67 bits per heavy atom. The van der Waals surface area contributed by atoms with E-state index in [9.17, 15) is 5.11 Å². The summed E-state index contributed by atoms with van der Waals surface area (Å²) >= 11 is 0. The van der Waals surface area contributed by atoms with Gasteiger partial charge in [-0.15, -0.1) is 6.58 Å². The Morgan fingerprint density at radius 2 is 2.00 bits per heavy atom. The minimum atomic E-state index is -0.0633. The van der Waals surface area contributed by atoms with Gasteiger partial charge in [0.05, 0.1) is 6.10 Å². The van der Waals surface area contributed by atoms with Crippen LogP contribution < -0.4 is 0 Å². The first-order chi connectivity index (χ1) is 7.07. The van der Waals surface area contributed by atoms with E-state index in [4.69, 9.17) is 0 Å². The minimum absolute atomic E-state index is 0.0633. The quantitative estimate of drug-likeness (QED) is 0.655. The molecule has 0 saturated heterocycles. The maximum Gasteiger partial charge on any atom is 0.0568 e. The smallest absolute Gasteiger partial charge is 0.0568 e. The summed E-state index contributed by atoms with van der Waals surface area (Å²) in [7, 11) is 0. The number of hydrogen-bond acceptors (Lipinski definition) is 1. The molecule has 1 N–H and O–H groups in total. The lowest BCUT2D eigenvalue weighted by Gasteiger charge is -2.51. The molecule has 2 aliphatic rings. The van der Waals surface area contributed by atoms with Crippen molar-refractivity contribution in [1.82, 2.24) is 0 Å². The summed E-state index contributed by atoms with van der Waals surface area (Å²) in [5.74, 6) is 1.88. The zero-order chi connectivity index (χ0) is 11.1. The second-order valence-corrected chi connectivity index (χ2v) is 6.00. The van der Waals surface area contributed by atoms with Crippen molar-refractivity contribution in [2.45, 2.75) is 52.1 Å². The first-order valence-corrected chi connectivity index (χ1v) is 6.37. The van der Waals surface area contributed by atoms with E-state index < -0.39 is 0 Å². The SMILES string of the molecule is C=C[C@@H]1CC[C@@]2(C)CC[C@H](O)[C@H](C)[C@H]2C1. The van der Waals surface area contributed by atoms with Gasteiger partial charge in [-0.3, -0.25) is 0 Å². The molecule has 0 unspecified atom stereocenters. The molecule has 0 aliphatic heterocycles. The van der Waals surface area contributed by atoms with Crippen molar-refractivity contribution in [3.63, 3.8) is 0 Å². The number of allylic oxidation sites excluding steroid dienone is 1. The molecule has 2 saturated carbocycles. The van der Waals surface area contributed by atoms with Gasteiger partial charge in [0.1, 0.15) is 0 Å². The van der Waals surface area contributed by atoms with Crippen LogP contribution in [0, 0.1) is 23.2 Å². The number of aliphatic hydroxyl groups excluding tert-OH is 1. The molecule has 15 heavy (non-hydrogen) atoms. The van der Waals surface area contributed by atoms with Gasteiger partial charge in [0.2, 0.25) is 0 Å². The summed E-state index contributed by atoms with van der Waals surface area (Å²) in [6, 6.07) is 0. The van der Waals surface area contributed by atoms with Gasteiger partial charge in [-0.2, -0.15) is 0 Å². The fraction of sp³-hybridized carbons (Fsp3) is 0.857. The van der Waals surface area contributed by atoms with Gasteiger partial charge >= 0.3 is 0 Å². The highest BCUT2D eigenvalue weighted by Gasteiger charge is 2.46. The summed E-state index contributed by atoms with van der Waals surface area (Å²) in [6.07, 6.45) is 8.16. The number of rotatable bonds is 1. The van der Waals surface area contributed by atoms with Crippen LogP contribution in [0.15, 0.2) is 12.7 Å². The third-order valence-electron chi connectivity index (χ3n) is 5.12. The van der Waals surface area contributed by atoms with Gasteiger partial charge in [-0.25, -0.2) is 0 Å². The lowest BCUT2D eigenvalue weighted by molar-refractivity contribution is -0.0625. The summed E-state index contributed by atoms with van der Waals surface area (Å²) in [5, 5.41) is 9.96. The predicted octanol–water partition coefficient (Wildman–Crippen LogP) is 3.39. The van der Waals surface area contributed by atoms with E-state index in [0.717, 1.165) is 6.42 Å². The standard InChI is InChI=1S/C14H24O/c1-4-11-5-7-14(3)8-6-13(15)10(2)12(14)9-11/h4,10-13,15H,1,5-9H2,2-3H3/t10-,11-,12-,13+,14+/m1/s1. The molecule has 0 heterocycles. The molecule has 0 aromatic carbocycles. The molecule has 5 atom stereocenters. The molecule has 1 heteroatoms. The van der Waals surface area contributed by atoms with E-state index in [1.807, 2.05) is 0 Å². The Balaban J connectivity index is 2.15. The van der Waals surface area contributed by atoms with Crippen molar-refractivity contribution >= 4 is 0 Å². The van der Waals surface area contributed by atoms with E-state index in [0.29, 0.717) is 23.2 Å². The number of fused-ring (bicyclic) bond motifs is 1. The van der Waals surface area contributed by atoms with Crippen LogP contribution in [-0.4, -0.2) is 11.2 Å². The summed E-state index contributed by atoms with van der Waals surface area (Å²) in [6.45, 7) is 8.59. The molecule has 0 radical (unpaired) electrons. The third-order valence-corrected chi connectivity index (χ3v) is 5.12. The second kappa shape index (κ2) is 3.93. The highest BCUT2D eigenvalue weighted by molar-refractivity contribution is 4.99. The first kappa shape index (κ1) is 11.2. The zero-order valence-electron chi connectivity index (χ0n) is 10.1. The molecule has 0 bridgehead atoms. The van der Waals surface area contributed by atoms with Crippen LogP contribution in [0.4, 0.5) is 0 Å². The van der Waals surface area contributed by atoms with Crippen LogP contribution in [0.25, 0.3) is 0 Å². The van der Waals surface area contributed by atoms with Gasteiger partial charge in [0.25, 0.3) is 0 Å². The normalized spacial score (nSPS) is 50.9. The Morgan fingerprint density at radius 1 is 1.33 bits per heavy atom. The molecule has 2 aliphatic carbocycles. The Kier molecular flexibility index (Phi) is 2.94. The van der Waals surface area contributed by atoms with Crippen molar-refractivity contribution in [2.75, 3.05) is 0 Å². The number of hydrogen-bond donors (Lipinski definition) is 1. The number of aliphatic hydroxyl groups is 1. The average Bonchev–Trinajstić information content (AvgIpc) is 2.24. The second-order valence-electron chi connectivity index (χ2n) is 6.00. The molecule has 86 valence electrons. The van der Waals surface area contributed by atoms with Crippen molar-refractivity contribution in [2.24, 2.45) is 23.2 Å². The van der Waals surface area contributed by atoms with Crippen LogP contribution in [0.2, 0.25) is 0 Å². The van der Waals surface area contributed by atoms with Crippen molar-refractivity contribution in [3.8, 4) is 0 Å². The summed E-state index contributed by atoms with van der Waals surface area (Å²) in [5.41, 5.74) is 0.498. The van der Waals surface area contributed by atoms with Gasteiger partial charge in [-0.1, -0.05) is 19.9 Å². The van der Waals surface area contributed by atoms with Gasteiger partial charge in [-0.05, 0) is 55.3 Å². The van der Waals surface area contributed by atoms with Crippen LogP contribution in [0.5, 0.6) is 0 Å². The van der Waals surface area contributed by atoms with Crippen LogP contribution in [0.3, 0.4) is 0 Å². The average molecular weight is 208 g/mol. The first-order valence-electron chi connectivity index (χ1n) is 6.37. The van der Waals surface area contributed by atoms with Crippen molar-refractivity contribution in [1.29, 1.82) is 0 Å².